The Morgan fingerprint density at radius 3 is 3.00 bits per heavy atom. The van der Waals surface area contributed by atoms with E-state index in [9.17, 15) is 10.1 Å². The van der Waals surface area contributed by atoms with Crippen LogP contribution in [0.5, 0.6) is 0 Å². The summed E-state index contributed by atoms with van der Waals surface area (Å²) in [5.41, 5.74) is 7.80. The first-order chi connectivity index (χ1) is 9.06. The Labute approximate surface area is 111 Å². The van der Waals surface area contributed by atoms with E-state index in [1.165, 1.54) is 0 Å². The van der Waals surface area contributed by atoms with Gasteiger partial charge in [-0.05, 0) is 25.0 Å². The van der Waals surface area contributed by atoms with Crippen LogP contribution in [0.2, 0.25) is 0 Å². The standard InChI is InChI=1S/C13H17N3O3/c1-7-4-8(6-9(5-7)16(17)18)15-12-11(14)10-2-3-19-13(10)12/h4-6,10-13,15H,2-3,14H2,1H3. The van der Waals surface area contributed by atoms with Gasteiger partial charge in [-0.3, -0.25) is 10.1 Å². The third-order valence-corrected chi connectivity index (χ3v) is 4.05. The number of aryl methyl sites for hydroxylation is 1. The molecule has 1 saturated carbocycles. The quantitative estimate of drug-likeness (QED) is 0.636. The Morgan fingerprint density at radius 1 is 1.47 bits per heavy atom. The molecule has 0 radical (unpaired) electrons. The summed E-state index contributed by atoms with van der Waals surface area (Å²) in [4.78, 5) is 10.5. The molecule has 1 aromatic carbocycles. The zero-order valence-electron chi connectivity index (χ0n) is 10.7. The molecule has 0 aromatic heterocycles. The second-order valence-corrected chi connectivity index (χ2v) is 5.35. The van der Waals surface area contributed by atoms with E-state index in [1.54, 1.807) is 12.1 Å². The topological polar surface area (TPSA) is 90.4 Å². The predicted molar refractivity (Wildman–Crippen MR) is 71.1 cm³/mol. The lowest BCUT2D eigenvalue weighted by Gasteiger charge is -2.46. The zero-order valence-corrected chi connectivity index (χ0v) is 10.7. The molecule has 1 aliphatic heterocycles. The van der Waals surface area contributed by atoms with E-state index in [-0.39, 0.29) is 28.8 Å². The number of nitro groups is 1. The second kappa shape index (κ2) is 4.47. The van der Waals surface area contributed by atoms with Gasteiger partial charge in [-0.2, -0.15) is 0 Å². The molecule has 4 atom stereocenters. The van der Waals surface area contributed by atoms with Gasteiger partial charge in [-0.15, -0.1) is 0 Å². The highest BCUT2D eigenvalue weighted by molar-refractivity contribution is 5.55. The number of nitrogens with two attached hydrogens (primary N) is 1. The summed E-state index contributed by atoms with van der Waals surface area (Å²) < 4.78 is 5.64. The molecule has 3 N–H and O–H groups in total. The zero-order chi connectivity index (χ0) is 13.6. The highest BCUT2D eigenvalue weighted by atomic mass is 16.6. The molecule has 2 aliphatic rings. The van der Waals surface area contributed by atoms with E-state index < -0.39 is 0 Å². The lowest BCUT2D eigenvalue weighted by atomic mass is 9.72. The fourth-order valence-corrected chi connectivity index (χ4v) is 3.07. The van der Waals surface area contributed by atoms with Gasteiger partial charge in [0.25, 0.3) is 5.69 Å². The minimum absolute atomic E-state index is 0.0499. The Bertz CT molecular complexity index is 520. The molecule has 0 amide bonds. The molecule has 1 heterocycles. The maximum absolute atomic E-state index is 10.8. The fourth-order valence-electron chi connectivity index (χ4n) is 3.07. The largest absolute Gasteiger partial charge is 0.378 e. The van der Waals surface area contributed by atoms with E-state index >= 15 is 0 Å². The first kappa shape index (κ1) is 12.4. The highest BCUT2D eigenvalue weighted by Gasteiger charge is 2.52. The van der Waals surface area contributed by atoms with Crippen molar-refractivity contribution in [3.05, 3.63) is 33.9 Å². The third kappa shape index (κ3) is 2.06. The number of hydrogen-bond donors (Lipinski definition) is 2. The minimum Gasteiger partial charge on any atom is -0.378 e. The Kier molecular flexibility index (Phi) is 2.91. The summed E-state index contributed by atoms with van der Waals surface area (Å²) in [6.45, 7) is 2.60. The van der Waals surface area contributed by atoms with Gasteiger partial charge in [0, 0.05) is 36.4 Å². The molecule has 4 unspecified atom stereocenters. The number of ether oxygens (including phenoxy) is 1. The SMILES string of the molecule is Cc1cc(NC2C(N)C3CCOC32)cc([N+](=O)[O-])c1. The van der Waals surface area contributed by atoms with Crippen LogP contribution in [0.3, 0.4) is 0 Å². The Morgan fingerprint density at radius 2 is 2.26 bits per heavy atom. The molecule has 1 saturated heterocycles. The Balaban J connectivity index is 1.78. The van der Waals surface area contributed by atoms with Crippen LogP contribution in [-0.2, 0) is 4.74 Å². The van der Waals surface area contributed by atoms with Crippen molar-refractivity contribution < 1.29 is 9.66 Å². The average molecular weight is 263 g/mol. The van der Waals surface area contributed by atoms with Gasteiger partial charge in [0.1, 0.15) is 0 Å². The van der Waals surface area contributed by atoms with Crippen molar-refractivity contribution in [1.82, 2.24) is 0 Å². The van der Waals surface area contributed by atoms with E-state index in [0.29, 0.717) is 5.92 Å². The molecule has 6 nitrogen and oxygen atoms in total. The van der Waals surface area contributed by atoms with Crippen LogP contribution in [0.1, 0.15) is 12.0 Å². The number of anilines is 1. The lowest BCUT2D eigenvalue weighted by Crippen LogP contribution is -2.65. The van der Waals surface area contributed by atoms with Crippen LogP contribution in [0.15, 0.2) is 18.2 Å². The van der Waals surface area contributed by atoms with Crippen LogP contribution in [0.4, 0.5) is 11.4 Å². The smallest absolute Gasteiger partial charge is 0.271 e. The molecule has 3 rings (SSSR count). The number of nitro benzene ring substituents is 1. The third-order valence-electron chi connectivity index (χ3n) is 4.05. The summed E-state index contributed by atoms with van der Waals surface area (Å²) in [7, 11) is 0. The maximum atomic E-state index is 10.8. The van der Waals surface area contributed by atoms with Gasteiger partial charge < -0.3 is 15.8 Å². The summed E-state index contributed by atoms with van der Waals surface area (Å²) >= 11 is 0. The van der Waals surface area contributed by atoms with Crippen molar-refractivity contribution in [3.8, 4) is 0 Å². The maximum Gasteiger partial charge on any atom is 0.271 e. The van der Waals surface area contributed by atoms with Crippen LogP contribution in [0.25, 0.3) is 0 Å². The fraction of sp³-hybridized carbons (Fsp3) is 0.538. The van der Waals surface area contributed by atoms with E-state index in [1.807, 2.05) is 13.0 Å². The molecule has 6 heteroatoms. The van der Waals surface area contributed by atoms with Gasteiger partial charge in [0.15, 0.2) is 0 Å². The molecular weight excluding hydrogens is 246 g/mol. The number of benzene rings is 1. The van der Waals surface area contributed by atoms with Crippen molar-refractivity contribution in [2.24, 2.45) is 11.7 Å². The molecule has 2 fully saturated rings. The van der Waals surface area contributed by atoms with Crippen molar-refractivity contribution in [3.63, 3.8) is 0 Å². The van der Waals surface area contributed by atoms with Crippen molar-refractivity contribution in [2.45, 2.75) is 31.5 Å². The van der Waals surface area contributed by atoms with Crippen molar-refractivity contribution in [1.29, 1.82) is 0 Å². The Hall–Kier alpha value is -1.66. The van der Waals surface area contributed by atoms with E-state index in [2.05, 4.69) is 5.32 Å². The molecule has 1 aliphatic carbocycles. The number of hydrogen-bond acceptors (Lipinski definition) is 5. The van der Waals surface area contributed by atoms with Gasteiger partial charge >= 0.3 is 0 Å². The van der Waals surface area contributed by atoms with Gasteiger partial charge in [0.2, 0.25) is 0 Å². The number of non-ortho nitro benzene ring substituents is 1. The van der Waals surface area contributed by atoms with Crippen LogP contribution < -0.4 is 11.1 Å². The summed E-state index contributed by atoms with van der Waals surface area (Å²) in [5.74, 6) is 0.428. The average Bonchev–Trinajstić information content (AvgIpc) is 2.80. The van der Waals surface area contributed by atoms with Crippen molar-refractivity contribution >= 4 is 11.4 Å². The van der Waals surface area contributed by atoms with Crippen LogP contribution in [-0.4, -0.2) is 29.7 Å². The summed E-state index contributed by atoms with van der Waals surface area (Å²) in [6, 6.07) is 5.10. The molecule has 19 heavy (non-hydrogen) atoms. The number of fused-ring (bicyclic) bond motifs is 1. The molecule has 0 spiro atoms. The highest BCUT2D eigenvalue weighted by Crippen LogP contribution is 2.39. The molecule has 1 aromatic rings. The number of nitrogens with zero attached hydrogens (tertiary/aromatic N) is 1. The molecule has 0 bridgehead atoms. The van der Waals surface area contributed by atoms with Crippen LogP contribution >= 0.6 is 0 Å². The number of rotatable bonds is 3. The van der Waals surface area contributed by atoms with Gasteiger partial charge in [-0.1, -0.05) is 0 Å². The first-order valence-corrected chi connectivity index (χ1v) is 6.46. The minimum atomic E-state index is -0.381. The normalized spacial score (nSPS) is 32.5. The molecular formula is C13H17N3O3. The first-order valence-electron chi connectivity index (χ1n) is 6.46. The predicted octanol–water partition coefficient (Wildman–Crippen LogP) is 1.43. The lowest BCUT2D eigenvalue weighted by molar-refractivity contribution is -0.384. The van der Waals surface area contributed by atoms with Gasteiger partial charge in [-0.25, -0.2) is 0 Å². The summed E-state index contributed by atoms with van der Waals surface area (Å²) in [5, 5.41) is 14.1. The monoisotopic (exact) mass is 263 g/mol. The van der Waals surface area contributed by atoms with Crippen LogP contribution in [0, 0.1) is 23.0 Å². The second-order valence-electron chi connectivity index (χ2n) is 5.35. The summed E-state index contributed by atoms with van der Waals surface area (Å²) in [6.07, 6.45) is 1.16. The van der Waals surface area contributed by atoms with E-state index in [4.69, 9.17) is 10.5 Å². The number of nitrogens with one attached hydrogen (secondary N) is 1. The molecule has 102 valence electrons. The van der Waals surface area contributed by atoms with Gasteiger partial charge in [0.05, 0.1) is 17.1 Å². The van der Waals surface area contributed by atoms with E-state index in [0.717, 1.165) is 24.3 Å². The van der Waals surface area contributed by atoms with Crippen molar-refractivity contribution in [2.75, 3.05) is 11.9 Å².